The summed E-state index contributed by atoms with van der Waals surface area (Å²) >= 11 is 1.18. The summed E-state index contributed by atoms with van der Waals surface area (Å²) in [5.41, 5.74) is 3.19. The van der Waals surface area contributed by atoms with Crippen LogP contribution in [0.5, 0.6) is 5.75 Å². The second-order valence-electron chi connectivity index (χ2n) is 8.98. The molecule has 184 valence electrons. The van der Waals surface area contributed by atoms with Gasteiger partial charge in [0.25, 0.3) is 5.91 Å². The maximum absolute atomic E-state index is 12.7. The summed E-state index contributed by atoms with van der Waals surface area (Å²) in [7, 11) is 0. The number of carbonyl (C=O) groups is 2. The molecule has 1 N–H and O–H groups in total. The van der Waals surface area contributed by atoms with Crippen LogP contribution in [0.25, 0.3) is 6.08 Å². The Morgan fingerprint density at radius 2 is 1.81 bits per heavy atom. The summed E-state index contributed by atoms with van der Waals surface area (Å²) in [5.74, 6) is 0.209. The molecule has 1 fully saturated rings. The van der Waals surface area contributed by atoms with Crippen LogP contribution < -0.4 is 4.74 Å². The van der Waals surface area contributed by atoms with Crippen molar-refractivity contribution in [1.82, 2.24) is 9.91 Å². The number of ether oxygens (including phenoxy) is 1. The zero-order valence-corrected chi connectivity index (χ0v) is 20.9. The number of amides is 2. The fraction of sp³-hybridized carbons (Fsp3) is 0.296. The molecule has 9 heteroatoms. The number of likely N-dealkylation sites (tertiary alicyclic amines) is 1. The van der Waals surface area contributed by atoms with E-state index in [1.54, 1.807) is 6.08 Å². The number of benzene rings is 2. The van der Waals surface area contributed by atoms with Crippen molar-refractivity contribution in [3.63, 3.8) is 0 Å². The highest BCUT2D eigenvalue weighted by Crippen LogP contribution is 2.30. The van der Waals surface area contributed by atoms with Crippen molar-refractivity contribution in [2.24, 2.45) is 10.1 Å². The monoisotopic (exact) mass is 501 g/mol. The van der Waals surface area contributed by atoms with Crippen LogP contribution in [0.1, 0.15) is 42.4 Å². The number of thioether (sulfide) groups is 1. The number of carbonyl (C=O) groups excluding carboxylic acids is 2. The maximum atomic E-state index is 12.7. The third kappa shape index (κ3) is 5.41. The van der Waals surface area contributed by atoms with E-state index in [9.17, 15) is 9.59 Å². The summed E-state index contributed by atoms with van der Waals surface area (Å²) < 4.78 is 5.85. The molecule has 36 heavy (non-hydrogen) atoms. The molecule has 5 rings (SSSR count). The topological polar surface area (TPSA) is 98.4 Å². The lowest BCUT2D eigenvalue weighted by atomic mass is 10.1. The molecule has 1 saturated heterocycles. The molecule has 0 unspecified atom stereocenters. The van der Waals surface area contributed by atoms with E-state index in [1.807, 2.05) is 48.2 Å². The maximum Gasteiger partial charge on any atom is 0.283 e. The van der Waals surface area contributed by atoms with Crippen molar-refractivity contribution < 1.29 is 14.3 Å². The number of aliphatic imine (C=N–C) groups is 1. The van der Waals surface area contributed by atoms with E-state index in [0.29, 0.717) is 22.6 Å². The Balaban J connectivity index is 1.24. The third-order valence-corrected chi connectivity index (χ3v) is 7.13. The Labute approximate surface area is 214 Å². The molecule has 0 aliphatic carbocycles. The predicted molar refractivity (Wildman–Crippen MR) is 142 cm³/mol. The summed E-state index contributed by atoms with van der Waals surface area (Å²) in [6.45, 7) is 4.07. The first-order valence-corrected chi connectivity index (χ1v) is 12.8. The van der Waals surface area contributed by atoms with Crippen LogP contribution in [0.2, 0.25) is 0 Å². The number of rotatable bonds is 6. The Kier molecular flexibility index (Phi) is 6.99. The minimum absolute atomic E-state index is 0.0275. The van der Waals surface area contributed by atoms with Gasteiger partial charge in [-0.1, -0.05) is 42.0 Å². The van der Waals surface area contributed by atoms with Gasteiger partial charge in [-0.05, 0) is 67.3 Å². The number of nitrogens with zero attached hydrogens (tertiary/aromatic N) is 4. The van der Waals surface area contributed by atoms with Gasteiger partial charge in [0.05, 0.1) is 12.0 Å². The fourth-order valence-corrected chi connectivity index (χ4v) is 5.04. The van der Waals surface area contributed by atoms with Crippen LogP contribution in [0.3, 0.4) is 0 Å². The van der Waals surface area contributed by atoms with Crippen LogP contribution in [-0.2, 0) is 16.2 Å². The van der Waals surface area contributed by atoms with E-state index in [1.165, 1.54) is 22.3 Å². The van der Waals surface area contributed by atoms with Gasteiger partial charge in [0.15, 0.2) is 5.84 Å². The first kappa shape index (κ1) is 24.0. The molecule has 0 radical (unpaired) electrons. The summed E-state index contributed by atoms with van der Waals surface area (Å²) in [6, 6.07) is 15.5. The molecule has 0 saturated carbocycles. The Hall–Kier alpha value is -3.72. The Morgan fingerprint density at radius 1 is 1.08 bits per heavy atom. The van der Waals surface area contributed by atoms with Gasteiger partial charge in [-0.3, -0.25) is 15.0 Å². The molecule has 3 heterocycles. The number of hydrogen-bond acceptors (Lipinski definition) is 6. The van der Waals surface area contributed by atoms with Crippen molar-refractivity contribution in [1.29, 1.82) is 5.41 Å². The van der Waals surface area contributed by atoms with Gasteiger partial charge in [-0.2, -0.15) is 15.1 Å². The van der Waals surface area contributed by atoms with E-state index < -0.39 is 5.91 Å². The van der Waals surface area contributed by atoms with E-state index in [2.05, 4.69) is 22.2 Å². The molecular formula is C27H27N5O3S. The lowest BCUT2D eigenvalue weighted by Gasteiger charge is -2.26. The first-order valence-electron chi connectivity index (χ1n) is 12.0. The molecule has 2 aromatic rings. The summed E-state index contributed by atoms with van der Waals surface area (Å²) in [5, 5.41) is 15.2. The molecule has 2 aromatic carbocycles. The second-order valence-corrected chi connectivity index (χ2v) is 10.0. The van der Waals surface area contributed by atoms with Crippen molar-refractivity contribution in [2.45, 2.75) is 39.2 Å². The highest BCUT2D eigenvalue weighted by atomic mass is 32.2. The van der Waals surface area contributed by atoms with Gasteiger partial charge < -0.3 is 9.64 Å². The number of piperidine rings is 1. The summed E-state index contributed by atoms with van der Waals surface area (Å²) in [6.07, 6.45) is 4.99. The highest BCUT2D eigenvalue weighted by molar-refractivity contribution is 8.27. The second kappa shape index (κ2) is 10.5. The van der Waals surface area contributed by atoms with E-state index >= 15 is 0 Å². The smallest absolute Gasteiger partial charge is 0.283 e. The number of nitrogens with one attached hydrogen (secondary N) is 1. The third-order valence-electron chi connectivity index (χ3n) is 6.22. The average Bonchev–Trinajstić information content (AvgIpc) is 3.29. The molecule has 8 nitrogen and oxygen atoms in total. The van der Waals surface area contributed by atoms with Crippen molar-refractivity contribution >= 4 is 45.7 Å². The number of amidine groups is 2. The van der Waals surface area contributed by atoms with Crippen molar-refractivity contribution in [3.8, 4) is 5.75 Å². The average molecular weight is 502 g/mol. The van der Waals surface area contributed by atoms with Gasteiger partial charge in [-0.15, -0.1) is 0 Å². The van der Waals surface area contributed by atoms with Crippen LogP contribution in [0.4, 0.5) is 0 Å². The standard InChI is InChI=1S/C27H27N5O3S/c1-18-5-7-20(8-6-18)17-35-21-11-9-19(10-12-21)15-22-25(28)32-27(29-26(22)34)36-23(30-32)16-24(33)31-13-3-2-4-14-31/h5-12,15,28H,2-4,13-14,16-17H2,1H3/b22-15-,28-25?. The quantitative estimate of drug-likeness (QED) is 0.584. The van der Waals surface area contributed by atoms with Gasteiger partial charge >= 0.3 is 0 Å². The largest absolute Gasteiger partial charge is 0.489 e. The molecule has 3 aliphatic heterocycles. The van der Waals surface area contributed by atoms with Crippen molar-refractivity contribution in [3.05, 3.63) is 70.8 Å². The van der Waals surface area contributed by atoms with Crippen LogP contribution in [0, 0.1) is 12.3 Å². The molecule has 3 aliphatic rings. The number of hydrogen-bond donors (Lipinski definition) is 1. The minimum Gasteiger partial charge on any atom is -0.489 e. The zero-order chi connectivity index (χ0) is 25.1. The molecule has 0 bridgehead atoms. The lowest BCUT2D eigenvalue weighted by Crippen LogP contribution is -2.36. The van der Waals surface area contributed by atoms with Gasteiger partial charge in [0, 0.05) is 13.1 Å². The Morgan fingerprint density at radius 3 is 2.53 bits per heavy atom. The first-order chi connectivity index (χ1) is 17.5. The molecule has 0 aromatic heterocycles. The molecular weight excluding hydrogens is 474 g/mol. The van der Waals surface area contributed by atoms with Gasteiger partial charge in [0.2, 0.25) is 11.1 Å². The molecule has 0 atom stereocenters. The summed E-state index contributed by atoms with van der Waals surface area (Å²) in [4.78, 5) is 31.3. The van der Waals surface area contributed by atoms with Crippen LogP contribution in [0.15, 0.2) is 64.2 Å². The minimum atomic E-state index is -0.489. The predicted octanol–water partition coefficient (Wildman–Crippen LogP) is 4.60. The molecule has 2 amide bonds. The number of aryl methyl sites for hydroxylation is 1. The van der Waals surface area contributed by atoms with Crippen molar-refractivity contribution in [2.75, 3.05) is 13.1 Å². The van der Waals surface area contributed by atoms with Gasteiger partial charge in [-0.25, -0.2) is 0 Å². The molecule has 0 spiro atoms. The van der Waals surface area contributed by atoms with Gasteiger partial charge in [0.1, 0.15) is 17.4 Å². The SMILES string of the molecule is Cc1ccc(COc2ccc(/C=C3/C(=N)N4N=C(CC(=O)N5CCCCC5)SC4=NC3=O)cc2)cc1. The van der Waals surface area contributed by atoms with E-state index in [-0.39, 0.29) is 23.7 Å². The Bertz CT molecular complexity index is 1280. The number of fused-ring (bicyclic) bond motifs is 1. The lowest BCUT2D eigenvalue weighted by molar-refractivity contribution is -0.130. The van der Waals surface area contributed by atoms with E-state index in [4.69, 9.17) is 10.1 Å². The number of hydrazone groups is 1. The zero-order valence-electron chi connectivity index (χ0n) is 20.1. The van der Waals surface area contributed by atoms with E-state index in [0.717, 1.165) is 43.5 Å². The van der Waals surface area contributed by atoms with Crippen LogP contribution in [-0.4, -0.2) is 50.9 Å². The fourth-order valence-electron chi connectivity index (χ4n) is 4.17. The normalized spacial score (nSPS) is 18.8. The highest BCUT2D eigenvalue weighted by Gasteiger charge is 2.36. The van der Waals surface area contributed by atoms with Crippen LogP contribution >= 0.6 is 11.8 Å².